The zero-order valence-electron chi connectivity index (χ0n) is 14.1. The third-order valence-electron chi connectivity index (χ3n) is 4.34. The number of amides is 2. The fraction of sp³-hybridized carbons (Fsp3) is 0.158. The maximum atomic E-state index is 12.6. The maximum absolute atomic E-state index is 12.6. The van der Waals surface area contributed by atoms with Crippen molar-refractivity contribution in [2.24, 2.45) is 5.92 Å². The molecule has 0 bridgehead atoms. The summed E-state index contributed by atoms with van der Waals surface area (Å²) >= 11 is 7.17. The van der Waals surface area contributed by atoms with E-state index in [2.05, 4.69) is 15.5 Å². The summed E-state index contributed by atoms with van der Waals surface area (Å²) in [6.45, 7) is 0.490. The molecule has 4 rings (SSSR count). The predicted octanol–water partition coefficient (Wildman–Crippen LogP) is 3.85. The quantitative estimate of drug-likeness (QED) is 0.677. The summed E-state index contributed by atoms with van der Waals surface area (Å²) in [5, 5.41) is 12.5. The van der Waals surface area contributed by atoms with Crippen LogP contribution in [0.1, 0.15) is 6.42 Å². The fourth-order valence-corrected chi connectivity index (χ4v) is 3.84. The molecule has 1 fully saturated rings. The van der Waals surface area contributed by atoms with E-state index in [1.54, 1.807) is 29.2 Å². The lowest BCUT2D eigenvalue weighted by atomic mass is 10.1. The first-order valence-electron chi connectivity index (χ1n) is 8.38. The Hall–Kier alpha value is -2.77. The van der Waals surface area contributed by atoms with E-state index < -0.39 is 5.92 Å². The van der Waals surface area contributed by atoms with Gasteiger partial charge in [0.1, 0.15) is 10.9 Å². The van der Waals surface area contributed by atoms with Gasteiger partial charge in [-0.15, -0.1) is 10.2 Å². The Morgan fingerprint density at radius 2 is 1.85 bits per heavy atom. The van der Waals surface area contributed by atoms with Gasteiger partial charge in [0.25, 0.3) is 0 Å². The van der Waals surface area contributed by atoms with Crippen LogP contribution in [0, 0.1) is 5.92 Å². The number of anilines is 2. The minimum Gasteiger partial charge on any atom is -0.312 e. The lowest BCUT2D eigenvalue weighted by Gasteiger charge is -2.16. The van der Waals surface area contributed by atoms with Gasteiger partial charge in [-0.25, -0.2) is 0 Å². The van der Waals surface area contributed by atoms with E-state index in [-0.39, 0.29) is 11.8 Å². The van der Waals surface area contributed by atoms with Crippen LogP contribution in [0.25, 0.3) is 10.6 Å². The van der Waals surface area contributed by atoms with Crippen LogP contribution in [0.15, 0.2) is 54.6 Å². The fourth-order valence-electron chi connectivity index (χ4n) is 2.96. The van der Waals surface area contributed by atoms with Crippen LogP contribution in [0.4, 0.5) is 10.8 Å². The molecule has 3 aromatic rings. The number of hydrogen-bond donors (Lipinski definition) is 1. The molecule has 1 aliphatic heterocycles. The summed E-state index contributed by atoms with van der Waals surface area (Å²) in [4.78, 5) is 26.8. The van der Waals surface area contributed by atoms with Gasteiger partial charge < -0.3 is 4.90 Å². The van der Waals surface area contributed by atoms with Gasteiger partial charge in [-0.2, -0.15) is 0 Å². The average Bonchev–Trinajstić information content (AvgIpc) is 3.30. The topological polar surface area (TPSA) is 75.2 Å². The van der Waals surface area contributed by atoms with E-state index >= 15 is 0 Å². The highest BCUT2D eigenvalue weighted by molar-refractivity contribution is 7.18. The lowest BCUT2D eigenvalue weighted by molar-refractivity contribution is -0.129. The van der Waals surface area contributed by atoms with Crippen LogP contribution in [0.2, 0.25) is 5.02 Å². The van der Waals surface area contributed by atoms with Crippen LogP contribution in [0.3, 0.4) is 0 Å². The molecule has 0 saturated carbocycles. The molecule has 136 valence electrons. The molecule has 0 radical (unpaired) electrons. The maximum Gasteiger partial charge on any atom is 0.239 e. The third-order valence-corrected chi connectivity index (χ3v) is 5.48. The Labute approximate surface area is 164 Å². The van der Waals surface area contributed by atoms with Gasteiger partial charge in [-0.05, 0) is 30.7 Å². The zero-order valence-corrected chi connectivity index (χ0v) is 15.7. The normalized spacial score (nSPS) is 16.6. The van der Waals surface area contributed by atoms with Crippen LogP contribution < -0.4 is 10.2 Å². The summed E-state index contributed by atoms with van der Waals surface area (Å²) in [6.07, 6.45) is 0.456. The summed E-state index contributed by atoms with van der Waals surface area (Å²) < 4.78 is 0. The second kappa shape index (κ2) is 7.46. The minimum absolute atomic E-state index is 0.220. The van der Waals surface area contributed by atoms with Crippen molar-refractivity contribution in [2.45, 2.75) is 6.42 Å². The van der Waals surface area contributed by atoms with E-state index in [0.29, 0.717) is 28.1 Å². The number of rotatable bonds is 4. The van der Waals surface area contributed by atoms with Gasteiger partial charge in [-0.1, -0.05) is 53.3 Å². The standard InChI is InChI=1S/C19H15ClN4O2S/c20-13-6-8-14(9-7-13)24-11-10-15(18(24)26)16(25)21-19-23-22-17(27-19)12-4-2-1-3-5-12/h1-9,15H,10-11H2,(H,21,23,25). The zero-order chi connectivity index (χ0) is 18.8. The largest absolute Gasteiger partial charge is 0.312 e. The SMILES string of the molecule is O=C(Nc1nnc(-c2ccccc2)s1)C1CCN(c2ccc(Cl)cc2)C1=O. The van der Waals surface area contributed by atoms with Gasteiger partial charge in [0, 0.05) is 22.8 Å². The molecular weight excluding hydrogens is 384 g/mol. The number of aromatic nitrogens is 2. The molecule has 2 heterocycles. The van der Waals surface area contributed by atoms with Crippen LogP contribution in [-0.4, -0.2) is 28.6 Å². The van der Waals surface area contributed by atoms with Crippen LogP contribution in [-0.2, 0) is 9.59 Å². The average molecular weight is 399 g/mol. The van der Waals surface area contributed by atoms with Crippen molar-refractivity contribution in [3.8, 4) is 10.6 Å². The number of carbonyl (C=O) groups is 2. The number of nitrogens with one attached hydrogen (secondary N) is 1. The Morgan fingerprint density at radius 1 is 1.11 bits per heavy atom. The summed E-state index contributed by atoms with van der Waals surface area (Å²) in [7, 11) is 0. The van der Waals surface area contributed by atoms with Crippen molar-refractivity contribution in [1.29, 1.82) is 0 Å². The molecule has 1 aliphatic rings. The monoisotopic (exact) mass is 398 g/mol. The number of nitrogens with zero attached hydrogens (tertiary/aromatic N) is 3. The third kappa shape index (κ3) is 3.70. The Morgan fingerprint density at radius 3 is 2.59 bits per heavy atom. The number of benzene rings is 2. The number of halogens is 1. The van der Waals surface area contributed by atoms with Crippen molar-refractivity contribution in [3.05, 3.63) is 59.6 Å². The minimum atomic E-state index is -0.732. The van der Waals surface area contributed by atoms with E-state index in [4.69, 9.17) is 11.6 Å². The number of carbonyl (C=O) groups excluding carboxylic acids is 2. The molecule has 2 amide bonds. The molecule has 0 aliphatic carbocycles. The van der Waals surface area contributed by atoms with Gasteiger partial charge >= 0.3 is 0 Å². The molecule has 0 spiro atoms. The van der Waals surface area contributed by atoms with Crippen molar-refractivity contribution in [2.75, 3.05) is 16.8 Å². The highest BCUT2D eigenvalue weighted by Crippen LogP contribution is 2.29. The van der Waals surface area contributed by atoms with E-state index in [1.807, 2.05) is 30.3 Å². The van der Waals surface area contributed by atoms with Crippen molar-refractivity contribution >= 4 is 45.6 Å². The van der Waals surface area contributed by atoms with E-state index in [9.17, 15) is 9.59 Å². The lowest BCUT2D eigenvalue weighted by Crippen LogP contribution is -2.33. The molecule has 1 aromatic heterocycles. The molecule has 27 heavy (non-hydrogen) atoms. The molecule has 2 aromatic carbocycles. The van der Waals surface area contributed by atoms with E-state index in [0.717, 1.165) is 11.3 Å². The van der Waals surface area contributed by atoms with Crippen LogP contribution >= 0.6 is 22.9 Å². The summed E-state index contributed by atoms with van der Waals surface area (Å²) in [5.41, 5.74) is 1.67. The highest BCUT2D eigenvalue weighted by Gasteiger charge is 2.38. The molecule has 8 heteroatoms. The van der Waals surface area contributed by atoms with Gasteiger partial charge in [0.05, 0.1) is 0 Å². The van der Waals surface area contributed by atoms with Gasteiger partial charge in [0.15, 0.2) is 0 Å². The van der Waals surface area contributed by atoms with Gasteiger partial charge in [0.2, 0.25) is 16.9 Å². The molecule has 1 saturated heterocycles. The smallest absolute Gasteiger partial charge is 0.239 e. The molecule has 1 unspecified atom stereocenters. The van der Waals surface area contributed by atoms with Gasteiger partial charge in [-0.3, -0.25) is 14.9 Å². The molecular formula is C19H15ClN4O2S. The second-order valence-corrected chi connectivity index (χ2v) is 7.49. The first kappa shape index (κ1) is 17.6. The Kier molecular flexibility index (Phi) is 4.87. The molecule has 1 atom stereocenters. The number of hydrogen-bond acceptors (Lipinski definition) is 5. The Bertz CT molecular complexity index is 975. The molecule has 1 N–H and O–H groups in total. The highest BCUT2D eigenvalue weighted by atomic mass is 35.5. The first-order valence-corrected chi connectivity index (χ1v) is 9.58. The van der Waals surface area contributed by atoms with Crippen molar-refractivity contribution in [1.82, 2.24) is 10.2 Å². The summed E-state index contributed by atoms with van der Waals surface area (Å²) in [6, 6.07) is 16.6. The predicted molar refractivity (Wildman–Crippen MR) is 106 cm³/mol. The van der Waals surface area contributed by atoms with Crippen LogP contribution in [0.5, 0.6) is 0 Å². The Balaban J connectivity index is 1.44. The molecule has 6 nitrogen and oxygen atoms in total. The summed E-state index contributed by atoms with van der Waals surface area (Å²) in [5.74, 6) is -1.31. The van der Waals surface area contributed by atoms with Crippen molar-refractivity contribution < 1.29 is 9.59 Å². The second-order valence-electron chi connectivity index (χ2n) is 6.08. The van der Waals surface area contributed by atoms with Crippen molar-refractivity contribution in [3.63, 3.8) is 0 Å². The van der Waals surface area contributed by atoms with E-state index in [1.165, 1.54) is 11.3 Å². The first-order chi connectivity index (χ1) is 13.1.